The minimum Gasteiger partial charge on any atom is -0.439 e. The van der Waals surface area contributed by atoms with Gasteiger partial charge in [0.1, 0.15) is 12.6 Å². The van der Waals surface area contributed by atoms with Crippen LogP contribution in [0, 0.1) is 0 Å². The van der Waals surface area contributed by atoms with Gasteiger partial charge in [0.15, 0.2) is 6.61 Å². The molecule has 42 heavy (non-hydrogen) atoms. The van der Waals surface area contributed by atoms with E-state index in [1.807, 2.05) is 0 Å². The van der Waals surface area contributed by atoms with Crippen LogP contribution in [0.1, 0.15) is 6.92 Å². The molecule has 1 aliphatic rings. The van der Waals surface area contributed by atoms with Crippen molar-refractivity contribution in [2.45, 2.75) is 43.0 Å². The molecule has 1 aromatic rings. The summed E-state index contributed by atoms with van der Waals surface area (Å²) in [6.07, 6.45) is -18.2. The molecule has 2 rings (SSSR count). The van der Waals surface area contributed by atoms with Crippen LogP contribution in [-0.4, -0.2) is 91.3 Å². The molecule has 0 spiro atoms. The normalized spacial score (nSPS) is 18.0. The Hall–Kier alpha value is -3.91. The molecular formula is C21H19F11N4O6. The van der Waals surface area contributed by atoms with E-state index in [2.05, 4.69) is 4.74 Å². The topological polar surface area (TPSA) is 128 Å². The van der Waals surface area contributed by atoms with E-state index in [-0.39, 0.29) is 16.7 Å². The van der Waals surface area contributed by atoms with Gasteiger partial charge < -0.3 is 20.5 Å². The molecule has 1 heterocycles. The number of rotatable bonds is 7. The highest BCUT2D eigenvalue weighted by Gasteiger charge is 2.58. The average Bonchev–Trinajstić information content (AvgIpc) is 2.94. The Kier molecular flexibility index (Phi) is 9.60. The van der Waals surface area contributed by atoms with Crippen molar-refractivity contribution in [1.29, 1.82) is 0 Å². The first-order valence-corrected chi connectivity index (χ1v) is 11.1. The van der Waals surface area contributed by atoms with Crippen LogP contribution in [0.5, 0.6) is 0 Å². The summed E-state index contributed by atoms with van der Waals surface area (Å²) in [7, 11) is 0. The number of fused-ring (bicyclic) bond motifs is 1. The van der Waals surface area contributed by atoms with Crippen molar-refractivity contribution in [3.63, 3.8) is 0 Å². The van der Waals surface area contributed by atoms with Crippen LogP contribution in [0.4, 0.5) is 64.5 Å². The molecule has 2 atom stereocenters. The fourth-order valence-corrected chi connectivity index (χ4v) is 3.30. The van der Waals surface area contributed by atoms with E-state index in [1.165, 1.54) is 0 Å². The Morgan fingerprint density at radius 1 is 0.929 bits per heavy atom. The van der Waals surface area contributed by atoms with E-state index in [4.69, 9.17) is 0 Å². The first kappa shape index (κ1) is 34.3. The summed E-state index contributed by atoms with van der Waals surface area (Å²) in [5.74, 6) is -11.4. The summed E-state index contributed by atoms with van der Waals surface area (Å²) in [5, 5.41) is 12.8. The summed E-state index contributed by atoms with van der Waals surface area (Å²) in [6, 6.07) is 1.60. The van der Waals surface area contributed by atoms with Gasteiger partial charge in [-0.15, -0.1) is 0 Å². The Labute approximate surface area is 227 Å². The minimum atomic E-state index is -6.15. The average molecular weight is 632 g/mol. The highest BCUT2D eigenvalue weighted by atomic mass is 19.4. The van der Waals surface area contributed by atoms with Crippen molar-refractivity contribution in [2.24, 2.45) is 0 Å². The first-order valence-electron chi connectivity index (χ1n) is 11.1. The molecule has 0 aromatic heterocycles. The maximum absolute atomic E-state index is 13.4. The Morgan fingerprint density at radius 3 is 1.98 bits per heavy atom. The molecule has 0 fully saturated rings. The maximum Gasteiger partial charge on any atom is 0.455 e. The largest absolute Gasteiger partial charge is 0.455 e. The highest BCUT2D eigenvalue weighted by Crippen LogP contribution is 2.36. The lowest BCUT2D eigenvalue weighted by molar-refractivity contribution is -0.278. The van der Waals surface area contributed by atoms with Crippen LogP contribution in [0.3, 0.4) is 0 Å². The number of hydrogen-bond acceptors (Lipinski definition) is 6. The van der Waals surface area contributed by atoms with Crippen LogP contribution in [0.25, 0.3) is 0 Å². The number of hydrogen-bond donors (Lipinski definition) is 3. The lowest BCUT2D eigenvalue weighted by Gasteiger charge is -2.29. The number of carbonyl (C=O) groups is 4. The zero-order valence-corrected chi connectivity index (χ0v) is 20.8. The summed E-state index contributed by atoms with van der Waals surface area (Å²) in [4.78, 5) is 50.6. The van der Waals surface area contributed by atoms with Crippen molar-refractivity contribution >= 4 is 35.2 Å². The standard InChI is InChI=1S/C21H19F11N4O6/c1-17(41,14(38)33-7-18(22,23)21(30,31)32)15(39)34-10-6-35(16(40)42-9-20(27,28)29)11-4-2-3-5-12(11)36(13(10)37)8-19(24,25)26/h2-5,10,41H,6-9H2,1H3,(H,33,38)(H,34,39)/t10-,17+/m0/s1. The molecule has 0 unspecified atom stereocenters. The van der Waals surface area contributed by atoms with E-state index in [9.17, 15) is 72.6 Å². The Balaban J connectivity index is 2.43. The van der Waals surface area contributed by atoms with Gasteiger partial charge in [0.05, 0.1) is 24.5 Å². The van der Waals surface area contributed by atoms with Crippen molar-refractivity contribution in [1.82, 2.24) is 10.6 Å². The van der Waals surface area contributed by atoms with Crippen molar-refractivity contribution in [3.05, 3.63) is 24.3 Å². The molecule has 1 aromatic carbocycles. The van der Waals surface area contributed by atoms with Gasteiger partial charge in [-0.2, -0.15) is 48.3 Å². The molecule has 0 bridgehead atoms. The quantitative estimate of drug-likeness (QED) is 0.314. The van der Waals surface area contributed by atoms with Gasteiger partial charge in [0, 0.05) is 0 Å². The monoisotopic (exact) mass is 632 g/mol. The molecule has 236 valence electrons. The third kappa shape index (κ3) is 8.32. The van der Waals surface area contributed by atoms with E-state index >= 15 is 0 Å². The van der Waals surface area contributed by atoms with Gasteiger partial charge >= 0.3 is 30.5 Å². The molecule has 0 saturated carbocycles. The lowest BCUT2D eigenvalue weighted by atomic mass is 10.0. The predicted octanol–water partition coefficient (Wildman–Crippen LogP) is 2.65. The Bertz CT molecular complexity index is 1200. The second kappa shape index (κ2) is 11.8. The van der Waals surface area contributed by atoms with E-state index in [0.717, 1.165) is 29.6 Å². The van der Waals surface area contributed by atoms with Crippen LogP contribution < -0.4 is 20.4 Å². The van der Waals surface area contributed by atoms with Crippen LogP contribution in [0.2, 0.25) is 0 Å². The number of nitrogens with zero attached hydrogens (tertiary/aromatic N) is 2. The number of para-hydroxylation sites is 2. The van der Waals surface area contributed by atoms with Crippen LogP contribution in [0.15, 0.2) is 24.3 Å². The fourth-order valence-electron chi connectivity index (χ4n) is 3.30. The van der Waals surface area contributed by atoms with Gasteiger partial charge in [-0.1, -0.05) is 12.1 Å². The first-order chi connectivity index (χ1) is 18.9. The van der Waals surface area contributed by atoms with Gasteiger partial charge in [-0.05, 0) is 19.1 Å². The van der Waals surface area contributed by atoms with Crippen molar-refractivity contribution < 1.29 is 77.3 Å². The molecule has 0 aliphatic carbocycles. The second-order valence-corrected chi connectivity index (χ2v) is 8.79. The molecular weight excluding hydrogens is 613 g/mol. The van der Waals surface area contributed by atoms with Crippen LogP contribution >= 0.6 is 0 Å². The smallest absolute Gasteiger partial charge is 0.439 e. The number of aliphatic hydroxyl groups is 1. The van der Waals surface area contributed by atoms with Crippen LogP contribution in [-0.2, 0) is 19.1 Å². The van der Waals surface area contributed by atoms with Gasteiger partial charge in [-0.25, -0.2) is 4.79 Å². The molecule has 10 nitrogen and oxygen atoms in total. The highest BCUT2D eigenvalue weighted by molar-refractivity contribution is 6.11. The zero-order valence-electron chi connectivity index (χ0n) is 20.8. The van der Waals surface area contributed by atoms with E-state index in [0.29, 0.717) is 0 Å². The SMILES string of the molecule is C[C@@](O)(C(=O)NCC(F)(F)C(F)(F)F)C(=O)N[C@H]1CN(C(=O)OCC(F)(F)F)c2ccccc2N(CC(F)(F)F)C1=O. The minimum absolute atomic E-state index is 0.0318. The molecule has 3 N–H and O–H groups in total. The lowest BCUT2D eigenvalue weighted by Crippen LogP contribution is -2.62. The summed E-state index contributed by atoms with van der Waals surface area (Å²) >= 11 is 0. The van der Waals surface area contributed by atoms with Gasteiger partial charge in [-0.3, -0.25) is 24.2 Å². The number of ether oxygens (including phenoxy) is 1. The zero-order chi connectivity index (χ0) is 32.5. The van der Waals surface area contributed by atoms with Gasteiger partial charge in [0.2, 0.25) is 5.60 Å². The van der Waals surface area contributed by atoms with E-state index < -0.39 is 97.5 Å². The molecule has 4 amide bonds. The number of anilines is 2. The fraction of sp³-hybridized carbons (Fsp3) is 0.524. The molecule has 0 radical (unpaired) electrons. The summed E-state index contributed by atoms with van der Waals surface area (Å²) < 4.78 is 145. The molecule has 21 heteroatoms. The van der Waals surface area contributed by atoms with Crippen molar-refractivity contribution in [2.75, 3.05) is 36.0 Å². The molecule has 1 aliphatic heterocycles. The maximum atomic E-state index is 13.4. The number of nitrogens with one attached hydrogen (secondary N) is 2. The second-order valence-electron chi connectivity index (χ2n) is 8.79. The van der Waals surface area contributed by atoms with Gasteiger partial charge in [0.25, 0.3) is 17.7 Å². The number of carbonyl (C=O) groups excluding carboxylic acids is 4. The number of benzene rings is 1. The van der Waals surface area contributed by atoms with Crippen molar-refractivity contribution in [3.8, 4) is 0 Å². The number of alkyl halides is 11. The van der Waals surface area contributed by atoms with E-state index in [1.54, 1.807) is 5.32 Å². The molecule has 0 saturated heterocycles. The Morgan fingerprint density at radius 2 is 1.48 bits per heavy atom. The third-order valence-electron chi connectivity index (χ3n) is 5.38. The third-order valence-corrected chi connectivity index (χ3v) is 5.38. The predicted molar refractivity (Wildman–Crippen MR) is 116 cm³/mol. The summed E-state index contributed by atoms with van der Waals surface area (Å²) in [6.45, 7) is -7.70. The summed E-state index contributed by atoms with van der Waals surface area (Å²) in [5.41, 5.74) is -4.84. The number of amides is 4. The number of halogens is 11.